The first-order valence-electron chi connectivity index (χ1n) is 11.1. The summed E-state index contributed by atoms with van der Waals surface area (Å²) in [4.78, 5) is 11.1. The molecule has 3 aliphatic rings. The monoisotopic (exact) mass is 390 g/mol. The van der Waals surface area contributed by atoms with E-state index in [4.69, 9.17) is 9.31 Å². The van der Waals surface area contributed by atoms with Gasteiger partial charge in [-0.1, -0.05) is 47.6 Å². The number of carbonyl (C=O) groups is 1. The summed E-state index contributed by atoms with van der Waals surface area (Å²) in [7, 11) is -0.156. The first-order valence-corrected chi connectivity index (χ1v) is 11.1. The molecule has 0 aromatic rings. The van der Waals surface area contributed by atoms with Crippen LogP contribution in [-0.4, -0.2) is 24.1 Å². The Kier molecular flexibility index (Phi) is 6.69. The van der Waals surface area contributed by atoms with Crippen LogP contribution in [0.1, 0.15) is 101 Å². The summed E-state index contributed by atoms with van der Waals surface area (Å²) in [6.45, 7) is 21.9. The zero-order valence-corrected chi connectivity index (χ0v) is 20.1. The van der Waals surface area contributed by atoms with Crippen LogP contribution in [0.25, 0.3) is 0 Å². The van der Waals surface area contributed by atoms with Crippen molar-refractivity contribution in [3.63, 3.8) is 0 Å². The maximum absolute atomic E-state index is 11.1. The summed E-state index contributed by atoms with van der Waals surface area (Å²) in [5.74, 6) is 1.67. The zero-order chi connectivity index (χ0) is 21.5. The SMILES string of the molecule is C[C@H]1C=C(B2OC(C)(C)C(C)(C)O2)CC(C)(C)C1.C[C@H]1CC(=O)CC(C)(C)C1. The maximum Gasteiger partial charge on any atom is 0.490 e. The Morgan fingerprint density at radius 3 is 1.79 bits per heavy atom. The van der Waals surface area contributed by atoms with Gasteiger partial charge in [0.15, 0.2) is 0 Å². The molecule has 0 N–H and O–H groups in total. The molecule has 3 rings (SSSR count). The van der Waals surface area contributed by atoms with E-state index < -0.39 is 0 Å². The lowest BCUT2D eigenvalue weighted by molar-refractivity contribution is -0.124. The second-order valence-corrected chi connectivity index (χ2v) is 12.2. The van der Waals surface area contributed by atoms with Crippen molar-refractivity contribution in [3.8, 4) is 0 Å². The molecule has 2 fully saturated rings. The number of allylic oxidation sites excluding steroid dienone is 2. The Bertz CT molecular complexity index is 599. The molecule has 0 unspecified atom stereocenters. The van der Waals surface area contributed by atoms with E-state index in [0.29, 0.717) is 23.0 Å². The second-order valence-electron chi connectivity index (χ2n) is 12.2. The fourth-order valence-corrected chi connectivity index (χ4v) is 5.22. The highest BCUT2D eigenvalue weighted by Gasteiger charge is 2.53. The normalized spacial score (nSPS) is 33.0. The van der Waals surface area contributed by atoms with E-state index in [1.54, 1.807) is 0 Å². The number of hydrogen-bond acceptors (Lipinski definition) is 3. The van der Waals surface area contributed by atoms with Crippen LogP contribution in [0.15, 0.2) is 11.5 Å². The van der Waals surface area contributed by atoms with Crippen LogP contribution in [0.3, 0.4) is 0 Å². The van der Waals surface area contributed by atoms with Gasteiger partial charge in [-0.2, -0.15) is 0 Å². The largest absolute Gasteiger partial charge is 0.490 e. The Morgan fingerprint density at radius 1 is 0.857 bits per heavy atom. The van der Waals surface area contributed by atoms with Gasteiger partial charge < -0.3 is 9.31 Å². The van der Waals surface area contributed by atoms with E-state index in [-0.39, 0.29) is 23.7 Å². The van der Waals surface area contributed by atoms with Crippen LogP contribution in [0.5, 0.6) is 0 Å². The van der Waals surface area contributed by atoms with Crippen molar-refractivity contribution in [2.75, 3.05) is 0 Å². The lowest BCUT2D eigenvalue weighted by Gasteiger charge is -2.34. The number of rotatable bonds is 1. The average molecular weight is 390 g/mol. The molecule has 1 saturated carbocycles. The third kappa shape index (κ3) is 5.95. The molecule has 1 heterocycles. The van der Waals surface area contributed by atoms with Gasteiger partial charge in [0.2, 0.25) is 0 Å². The molecule has 0 amide bonds. The van der Waals surface area contributed by atoms with Gasteiger partial charge in [0.25, 0.3) is 0 Å². The van der Waals surface area contributed by atoms with E-state index in [9.17, 15) is 4.79 Å². The molecule has 0 aromatic carbocycles. The predicted molar refractivity (Wildman–Crippen MR) is 118 cm³/mol. The molecule has 0 bridgehead atoms. The number of Topliss-reactive ketones (excluding diaryl/α,β-unsaturated/α-hetero) is 1. The molecular formula is C24H43BO3. The van der Waals surface area contributed by atoms with Crippen molar-refractivity contribution in [2.45, 2.75) is 113 Å². The molecule has 4 heteroatoms. The van der Waals surface area contributed by atoms with Crippen LogP contribution in [0.4, 0.5) is 0 Å². The molecule has 3 nitrogen and oxygen atoms in total. The molecule has 0 aromatic heterocycles. The van der Waals surface area contributed by atoms with Crippen LogP contribution in [0, 0.1) is 22.7 Å². The fourth-order valence-electron chi connectivity index (χ4n) is 5.22. The van der Waals surface area contributed by atoms with Crippen molar-refractivity contribution in [1.82, 2.24) is 0 Å². The van der Waals surface area contributed by atoms with Crippen molar-refractivity contribution in [1.29, 1.82) is 0 Å². The third-order valence-corrected chi connectivity index (χ3v) is 6.76. The van der Waals surface area contributed by atoms with Crippen molar-refractivity contribution < 1.29 is 14.1 Å². The summed E-state index contributed by atoms with van der Waals surface area (Å²) in [5, 5.41) is 0. The highest BCUT2D eigenvalue weighted by molar-refractivity contribution is 6.54. The van der Waals surface area contributed by atoms with E-state index in [1.807, 2.05) is 0 Å². The van der Waals surface area contributed by atoms with Crippen molar-refractivity contribution in [3.05, 3.63) is 11.5 Å². The minimum atomic E-state index is -0.233. The smallest absolute Gasteiger partial charge is 0.400 e. The van der Waals surface area contributed by atoms with Gasteiger partial charge >= 0.3 is 7.12 Å². The molecular weight excluding hydrogens is 347 g/mol. The van der Waals surface area contributed by atoms with E-state index in [1.165, 1.54) is 18.3 Å². The predicted octanol–water partition coefficient (Wildman–Crippen LogP) is 6.40. The van der Waals surface area contributed by atoms with Crippen LogP contribution in [-0.2, 0) is 14.1 Å². The summed E-state index contributed by atoms with van der Waals surface area (Å²) in [6.07, 6.45) is 7.48. The number of hydrogen-bond donors (Lipinski definition) is 0. The van der Waals surface area contributed by atoms with Gasteiger partial charge in [-0.3, -0.25) is 4.79 Å². The standard InChI is InChI=1S/C15H27BO2.C9H16O/c1-11-8-12(10-13(2,3)9-11)16-17-14(4,5)15(6,7)18-16;1-7-4-8(10)6-9(2,3)5-7/h8,11H,9-10H2,1-7H3;7H,4-6H2,1-3H3/t11-;7-/m00/s1. The van der Waals surface area contributed by atoms with Crippen molar-refractivity contribution in [2.24, 2.45) is 22.7 Å². The molecule has 2 atom stereocenters. The van der Waals surface area contributed by atoms with Gasteiger partial charge in [0.1, 0.15) is 5.78 Å². The fraction of sp³-hybridized carbons (Fsp3) is 0.875. The van der Waals surface area contributed by atoms with Gasteiger partial charge in [0.05, 0.1) is 11.2 Å². The van der Waals surface area contributed by atoms with Crippen molar-refractivity contribution >= 4 is 12.9 Å². The van der Waals surface area contributed by atoms with Crippen LogP contribution in [0.2, 0.25) is 0 Å². The van der Waals surface area contributed by atoms with Gasteiger partial charge in [-0.15, -0.1) is 0 Å². The average Bonchev–Trinajstić information content (AvgIpc) is 2.63. The first-order chi connectivity index (χ1) is 12.5. The topological polar surface area (TPSA) is 35.5 Å². The highest BCUT2D eigenvalue weighted by atomic mass is 16.7. The van der Waals surface area contributed by atoms with Crippen LogP contribution >= 0.6 is 0 Å². The van der Waals surface area contributed by atoms with Gasteiger partial charge in [0, 0.05) is 12.8 Å². The van der Waals surface area contributed by atoms with E-state index >= 15 is 0 Å². The molecule has 2 aliphatic carbocycles. The summed E-state index contributed by atoms with van der Waals surface area (Å²) in [5.41, 5.74) is 1.49. The highest BCUT2D eigenvalue weighted by Crippen LogP contribution is 2.44. The Balaban J connectivity index is 0.000000237. The summed E-state index contributed by atoms with van der Waals surface area (Å²) < 4.78 is 12.3. The Hall–Kier alpha value is -0.605. The molecule has 28 heavy (non-hydrogen) atoms. The zero-order valence-electron chi connectivity index (χ0n) is 20.1. The second kappa shape index (κ2) is 7.91. The molecule has 1 saturated heterocycles. The van der Waals surface area contributed by atoms with Gasteiger partial charge in [-0.25, -0.2) is 0 Å². The Labute approximate surface area is 174 Å². The third-order valence-electron chi connectivity index (χ3n) is 6.76. The number of ketones is 1. The number of carbonyl (C=O) groups excluding carboxylic acids is 1. The molecule has 160 valence electrons. The quantitative estimate of drug-likeness (QED) is 0.486. The molecule has 1 aliphatic heterocycles. The van der Waals surface area contributed by atoms with E-state index in [2.05, 4.69) is 75.3 Å². The summed E-state index contributed by atoms with van der Waals surface area (Å²) in [6, 6.07) is 0. The Morgan fingerprint density at radius 2 is 1.36 bits per heavy atom. The maximum atomic E-state index is 11.1. The summed E-state index contributed by atoms with van der Waals surface area (Å²) >= 11 is 0. The van der Waals surface area contributed by atoms with E-state index in [0.717, 1.165) is 19.3 Å². The molecule has 0 radical (unpaired) electrons. The van der Waals surface area contributed by atoms with Crippen LogP contribution < -0.4 is 0 Å². The first kappa shape index (κ1) is 23.7. The minimum Gasteiger partial charge on any atom is -0.400 e. The van der Waals surface area contributed by atoms with Gasteiger partial charge in [-0.05, 0) is 75.1 Å². The lowest BCUT2D eigenvalue weighted by atomic mass is 9.63. The lowest BCUT2D eigenvalue weighted by Crippen LogP contribution is -2.41. The molecule has 0 spiro atoms. The minimum absolute atomic E-state index is 0.156.